The summed E-state index contributed by atoms with van der Waals surface area (Å²) in [6.45, 7) is 0.233. The highest BCUT2D eigenvalue weighted by molar-refractivity contribution is 7.97. The van der Waals surface area contributed by atoms with Gasteiger partial charge >= 0.3 is 5.97 Å². The Hall–Kier alpha value is -1.19. The van der Waals surface area contributed by atoms with Crippen LogP contribution in [-0.2, 0) is 9.59 Å². The molecule has 0 bridgehead atoms. The molecule has 1 amide bonds. The van der Waals surface area contributed by atoms with Crippen molar-refractivity contribution < 1.29 is 14.7 Å². The molecular weight excluding hydrogens is 236 g/mol. The third-order valence-corrected chi connectivity index (χ3v) is 2.31. The summed E-state index contributed by atoms with van der Waals surface area (Å²) >= 11 is 0.520. The van der Waals surface area contributed by atoms with Crippen molar-refractivity contribution in [2.75, 3.05) is 12.3 Å². The standard InChI is InChI=1S/C7H14N4O4S/c8-2-1-4(9)6(12)10-5(7(13)14)3-16-11-15/h4-5H,1-3,8-9H2,(H,10,12)(H,13,14). The molecule has 0 saturated heterocycles. The van der Waals surface area contributed by atoms with Crippen molar-refractivity contribution in [3.8, 4) is 0 Å². The van der Waals surface area contributed by atoms with Crippen molar-refractivity contribution in [1.29, 1.82) is 0 Å². The number of rotatable bonds is 8. The van der Waals surface area contributed by atoms with Gasteiger partial charge in [-0.25, -0.2) is 4.79 Å². The van der Waals surface area contributed by atoms with E-state index < -0.39 is 24.0 Å². The lowest BCUT2D eigenvalue weighted by Gasteiger charge is -2.15. The average molecular weight is 250 g/mol. The molecule has 0 aliphatic heterocycles. The van der Waals surface area contributed by atoms with Gasteiger partial charge in [0.2, 0.25) is 5.91 Å². The zero-order valence-electron chi connectivity index (χ0n) is 8.46. The van der Waals surface area contributed by atoms with Gasteiger partial charge in [0.1, 0.15) is 6.04 Å². The topological polar surface area (TPSA) is 148 Å². The predicted molar refractivity (Wildman–Crippen MR) is 59.5 cm³/mol. The Morgan fingerprint density at radius 2 is 2.12 bits per heavy atom. The minimum atomic E-state index is -1.25. The molecule has 0 aromatic carbocycles. The van der Waals surface area contributed by atoms with E-state index in [4.69, 9.17) is 16.6 Å². The summed E-state index contributed by atoms with van der Waals surface area (Å²) in [4.78, 5) is 31.8. The molecule has 2 unspecified atom stereocenters. The van der Waals surface area contributed by atoms with Crippen LogP contribution < -0.4 is 16.8 Å². The summed E-state index contributed by atoms with van der Waals surface area (Å²) < 4.78 is 2.45. The molecule has 9 heteroatoms. The fourth-order valence-electron chi connectivity index (χ4n) is 0.869. The highest BCUT2D eigenvalue weighted by Crippen LogP contribution is 2.04. The van der Waals surface area contributed by atoms with Crippen molar-refractivity contribution >= 4 is 23.8 Å². The van der Waals surface area contributed by atoms with E-state index in [1.807, 2.05) is 0 Å². The van der Waals surface area contributed by atoms with Gasteiger partial charge in [0.15, 0.2) is 0 Å². The van der Waals surface area contributed by atoms with Crippen LogP contribution in [0, 0.1) is 4.91 Å². The average Bonchev–Trinajstić information content (AvgIpc) is 2.23. The summed E-state index contributed by atoms with van der Waals surface area (Å²) in [5.74, 6) is -1.99. The Balaban J connectivity index is 4.22. The molecule has 0 aromatic heterocycles. The maximum Gasteiger partial charge on any atom is 0.327 e. The number of nitrogens with two attached hydrogens (primary N) is 2. The first-order chi connectivity index (χ1) is 7.52. The molecule has 0 aliphatic carbocycles. The van der Waals surface area contributed by atoms with Crippen molar-refractivity contribution in [3.05, 3.63) is 4.91 Å². The molecule has 0 saturated carbocycles. The van der Waals surface area contributed by atoms with Crippen LogP contribution in [0.1, 0.15) is 6.42 Å². The van der Waals surface area contributed by atoms with E-state index in [0.29, 0.717) is 11.9 Å². The van der Waals surface area contributed by atoms with Gasteiger partial charge in [-0.1, -0.05) is 0 Å². The molecule has 6 N–H and O–H groups in total. The molecule has 92 valence electrons. The second-order valence-electron chi connectivity index (χ2n) is 2.95. The molecular formula is C7H14N4O4S. The lowest BCUT2D eigenvalue weighted by Crippen LogP contribution is -2.50. The summed E-state index contributed by atoms with van der Waals surface area (Å²) in [7, 11) is 0. The monoisotopic (exact) mass is 250 g/mol. The van der Waals surface area contributed by atoms with E-state index in [1.165, 1.54) is 0 Å². The Kier molecular flexibility index (Phi) is 7.42. The van der Waals surface area contributed by atoms with Crippen LogP contribution in [0.2, 0.25) is 0 Å². The van der Waals surface area contributed by atoms with Gasteiger partial charge in [-0.3, -0.25) is 4.79 Å². The number of carbonyl (C=O) groups excluding carboxylic acids is 1. The number of nitrogens with zero attached hydrogens (tertiary/aromatic N) is 1. The zero-order valence-corrected chi connectivity index (χ0v) is 9.27. The highest BCUT2D eigenvalue weighted by Gasteiger charge is 2.23. The molecule has 16 heavy (non-hydrogen) atoms. The number of carboxylic acids is 1. The first-order valence-corrected chi connectivity index (χ1v) is 5.40. The quantitative estimate of drug-likeness (QED) is 0.307. The molecule has 0 spiro atoms. The van der Waals surface area contributed by atoms with Crippen LogP contribution in [0.4, 0.5) is 0 Å². The number of hydrogen-bond acceptors (Lipinski definition) is 7. The molecule has 0 radical (unpaired) electrons. The van der Waals surface area contributed by atoms with Crippen LogP contribution in [0.15, 0.2) is 4.58 Å². The third kappa shape index (κ3) is 5.63. The van der Waals surface area contributed by atoms with Crippen LogP contribution in [-0.4, -0.2) is 41.4 Å². The smallest absolute Gasteiger partial charge is 0.327 e. The maximum atomic E-state index is 11.3. The number of carbonyl (C=O) groups is 2. The number of carboxylic acid groups (broad SMARTS) is 1. The molecule has 0 fully saturated rings. The van der Waals surface area contributed by atoms with E-state index in [9.17, 15) is 14.5 Å². The third-order valence-electron chi connectivity index (χ3n) is 1.72. The van der Waals surface area contributed by atoms with E-state index in [0.717, 1.165) is 0 Å². The van der Waals surface area contributed by atoms with Crippen LogP contribution in [0.3, 0.4) is 0 Å². The Bertz CT molecular complexity index is 263. The van der Waals surface area contributed by atoms with Gasteiger partial charge in [0, 0.05) is 22.3 Å². The zero-order chi connectivity index (χ0) is 12.6. The summed E-state index contributed by atoms with van der Waals surface area (Å²) in [6, 6.07) is -2.03. The van der Waals surface area contributed by atoms with Crippen molar-refractivity contribution in [3.63, 3.8) is 0 Å². The Morgan fingerprint density at radius 3 is 2.56 bits per heavy atom. The maximum absolute atomic E-state index is 11.3. The lowest BCUT2D eigenvalue weighted by atomic mass is 10.2. The second kappa shape index (κ2) is 8.02. The number of aliphatic carboxylic acids is 1. The van der Waals surface area contributed by atoms with Crippen LogP contribution in [0.25, 0.3) is 0 Å². The summed E-state index contributed by atoms with van der Waals surface area (Å²) in [6.07, 6.45) is 0.261. The molecule has 8 nitrogen and oxygen atoms in total. The van der Waals surface area contributed by atoms with Gasteiger partial charge in [0.25, 0.3) is 0 Å². The van der Waals surface area contributed by atoms with Crippen molar-refractivity contribution in [1.82, 2.24) is 5.32 Å². The minimum absolute atomic E-state index is 0.139. The van der Waals surface area contributed by atoms with E-state index >= 15 is 0 Å². The van der Waals surface area contributed by atoms with E-state index in [2.05, 4.69) is 9.90 Å². The Labute approximate surface area is 96.2 Å². The minimum Gasteiger partial charge on any atom is -0.480 e. The van der Waals surface area contributed by atoms with E-state index in [-0.39, 0.29) is 18.7 Å². The van der Waals surface area contributed by atoms with Crippen molar-refractivity contribution in [2.24, 2.45) is 16.0 Å². The fourth-order valence-corrected chi connectivity index (χ4v) is 1.30. The number of nitrogens with one attached hydrogen (secondary N) is 1. The molecule has 0 aliphatic rings. The number of nitroso groups, excluding NO2 is 1. The van der Waals surface area contributed by atoms with Crippen molar-refractivity contribution in [2.45, 2.75) is 18.5 Å². The van der Waals surface area contributed by atoms with Crippen LogP contribution >= 0.6 is 11.9 Å². The Morgan fingerprint density at radius 1 is 1.50 bits per heavy atom. The van der Waals surface area contributed by atoms with Gasteiger partial charge in [0.05, 0.1) is 6.04 Å². The second-order valence-corrected chi connectivity index (χ2v) is 3.69. The highest BCUT2D eigenvalue weighted by atomic mass is 32.2. The van der Waals surface area contributed by atoms with Gasteiger partial charge in [-0.2, -0.15) is 0 Å². The SMILES string of the molecule is NCCC(N)C(=O)NC(CSN=O)C(=O)O. The fraction of sp³-hybridized carbons (Fsp3) is 0.714. The largest absolute Gasteiger partial charge is 0.480 e. The number of hydrogen-bond donors (Lipinski definition) is 4. The van der Waals surface area contributed by atoms with Gasteiger partial charge in [-0.05, 0) is 13.0 Å². The van der Waals surface area contributed by atoms with Gasteiger partial charge in [-0.15, -0.1) is 4.91 Å². The normalized spacial score (nSPS) is 13.9. The summed E-state index contributed by atoms with van der Waals surface area (Å²) in [5, 5.41) is 10.9. The molecule has 2 atom stereocenters. The molecule has 0 heterocycles. The predicted octanol–water partition coefficient (Wildman–Crippen LogP) is -1.35. The lowest BCUT2D eigenvalue weighted by molar-refractivity contribution is -0.141. The molecule has 0 rings (SSSR count). The first-order valence-electron chi connectivity index (χ1n) is 4.46. The first kappa shape index (κ1) is 14.8. The van der Waals surface area contributed by atoms with Crippen LogP contribution in [0.5, 0.6) is 0 Å². The van der Waals surface area contributed by atoms with Gasteiger partial charge < -0.3 is 21.9 Å². The summed E-state index contributed by atoms with van der Waals surface area (Å²) in [5.41, 5.74) is 10.6. The van der Waals surface area contributed by atoms with E-state index in [1.54, 1.807) is 0 Å². The molecule has 0 aromatic rings. The number of amides is 1.